The van der Waals surface area contributed by atoms with Crippen LogP contribution in [0.1, 0.15) is 108 Å². The fourth-order valence-corrected chi connectivity index (χ4v) is 5.75. The van der Waals surface area contributed by atoms with E-state index in [1.807, 2.05) is 0 Å². The Morgan fingerprint density at radius 2 is 0.760 bits per heavy atom. The minimum absolute atomic E-state index is 0.799. The highest BCUT2D eigenvalue weighted by molar-refractivity contribution is 4.86. The Hall–Kier alpha value is 0. The molecule has 8 atom stereocenters. The van der Waals surface area contributed by atoms with Crippen LogP contribution in [0.5, 0.6) is 0 Å². The van der Waals surface area contributed by atoms with E-state index in [9.17, 15) is 0 Å². The second kappa shape index (κ2) is 12.4. The first-order chi connectivity index (χ1) is 11.7. The van der Waals surface area contributed by atoms with Crippen molar-refractivity contribution < 1.29 is 0 Å². The van der Waals surface area contributed by atoms with Gasteiger partial charge in [-0.1, -0.05) is 108 Å². The Labute approximate surface area is 161 Å². The Balaban J connectivity index is 5.56. The van der Waals surface area contributed by atoms with E-state index in [0.717, 1.165) is 53.3 Å². The van der Waals surface area contributed by atoms with E-state index in [1.54, 1.807) is 0 Å². The first kappa shape index (κ1) is 25.0. The van der Waals surface area contributed by atoms with Crippen molar-refractivity contribution in [3.05, 3.63) is 0 Å². The van der Waals surface area contributed by atoms with Gasteiger partial charge < -0.3 is 0 Å². The average molecular weight is 353 g/mol. The van der Waals surface area contributed by atoms with E-state index < -0.39 is 0 Å². The van der Waals surface area contributed by atoms with E-state index in [-0.39, 0.29) is 0 Å². The molecule has 152 valence electrons. The molecule has 0 radical (unpaired) electrons. The van der Waals surface area contributed by atoms with E-state index in [2.05, 4.69) is 76.2 Å². The molecule has 0 aromatic rings. The third kappa shape index (κ3) is 6.59. The van der Waals surface area contributed by atoms with Crippen molar-refractivity contribution in [2.75, 3.05) is 0 Å². The highest BCUT2D eigenvalue weighted by Crippen LogP contribution is 2.45. The van der Waals surface area contributed by atoms with Gasteiger partial charge in [-0.15, -0.1) is 0 Å². The molecule has 0 aliphatic carbocycles. The Bertz CT molecular complexity index is 318. The van der Waals surface area contributed by atoms with Gasteiger partial charge in [0.25, 0.3) is 0 Å². The average Bonchev–Trinajstić information content (AvgIpc) is 2.61. The number of rotatable bonds is 13. The van der Waals surface area contributed by atoms with Gasteiger partial charge in [-0.05, 0) is 53.3 Å². The van der Waals surface area contributed by atoms with Crippen molar-refractivity contribution in [3.8, 4) is 0 Å². The molecule has 0 bridgehead atoms. The van der Waals surface area contributed by atoms with Crippen LogP contribution in [0.15, 0.2) is 0 Å². The lowest BCUT2D eigenvalue weighted by molar-refractivity contribution is 0.0479. The van der Waals surface area contributed by atoms with Crippen molar-refractivity contribution in [2.45, 2.75) is 108 Å². The van der Waals surface area contributed by atoms with Gasteiger partial charge in [-0.2, -0.15) is 0 Å². The molecule has 0 aromatic carbocycles. The smallest absolute Gasteiger partial charge is 0.0355 e. The van der Waals surface area contributed by atoms with Crippen LogP contribution in [0.3, 0.4) is 0 Å². The van der Waals surface area contributed by atoms with Gasteiger partial charge >= 0.3 is 0 Å². The van der Waals surface area contributed by atoms with Gasteiger partial charge in [0.2, 0.25) is 0 Å². The zero-order valence-electron chi connectivity index (χ0n) is 19.7. The SMILES string of the molecule is CCC(C)C(C)C(C)C(CC)C(CC)C(CC)C(CC)C(C)C(C)C. The molecular weight excluding hydrogens is 300 g/mol. The molecule has 0 fully saturated rings. The minimum Gasteiger partial charge on any atom is -0.0651 e. The Kier molecular flexibility index (Phi) is 12.4. The van der Waals surface area contributed by atoms with Crippen molar-refractivity contribution >= 4 is 0 Å². The lowest BCUT2D eigenvalue weighted by atomic mass is 9.61. The molecule has 0 N–H and O–H groups in total. The summed E-state index contributed by atoms with van der Waals surface area (Å²) in [4.78, 5) is 0. The summed E-state index contributed by atoms with van der Waals surface area (Å²) in [5, 5.41) is 0. The third-order valence-electron chi connectivity index (χ3n) is 8.31. The topological polar surface area (TPSA) is 0 Å². The fraction of sp³-hybridized carbons (Fsp3) is 1.00. The summed E-state index contributed by atoms with van der Waals surface area (Å²) in [6.45, 7) is 27.1. The summed E-state index contributed by atoms with van der Waals surface area (Å²) in [6.07, 6.45) is 6.73. The van der Waals surface area contributed by atoms with Crippen LogP contribution in [-0.4, -0.2) is 0 Å². The van der Waals surface area contributed by atoms with Gasteiger partial charge in [0.1, 0.15) is 0 Å². The molecule has 8 unspecified atom stereocenters. The maximum absolute atomic E-state index is 2.56. The maximum atomic E-state index is 2.56. The van der Waals surface area contributed by atoms with Crippen molar-refractivity contribution in [3.63, 3.8) is 0 Å². The summed E-state index contributed by atoms with van der Waals surface area (Å²) in [6, 6.07) is 0. The van der Waals surface area contributed by atoms with Gasteiger partial charge in [0, 0.05) is 0 Å². The normalized spacial score (nSPS) is 22.1. The highest BCUT2D eigenvalue weighted by Gasteiger charge is 2.37. The molecular formula is C25H52. The zero-order valence-corrected chi connectivity index (χ0v) is 19.7. The summed E-state index contributed by atoms with van der Waals surface area (Å²) in [5.74, 6) is 7.71. The van der Waals surface area contributed by atoms with Crippen LogP contribution < -0.4 is 0 Å². The van der Waals surface area contributed by atoms with E-state index in [0.29, 0.717) is 0 Å². The molecule has 0 heterocycles. The van der Waals surface area contributed by atoms with Crippen LogP contribution >= 0.6 is 0 Å². The first-order valence-corrected chi connectivity index (χ1v) is 11.7. The highest BCUT2D eigenvalue weighted by atomic mass is 14.4. The molecule has 0 spiro atoms. The second-order valence-electron chi connectivity index (χ2n) is 9.50. The molecule has 0 heteroatoms. The molecule has 0 amide bonds. The molecule has 25 heavy (non-hydrogen) atoms. The fourth-order valence-electron chi connectivity index (χ4n) is 5.75. The summed E-state index contributed by atoms with van der Waals surface area (Å²) < 4.78 is 0. The molecule has 0 rings (SSSR count). The van der Waals surface area contributed by atoms with Crippen molar-refractivity contribution in [1.82, 2.24) is 0 Å². The van der Waals surface area contributed by atoms with Crippen LogP contribution in [-0.2, 0) is 0 Å². The van der Waals surface area contributed by atoms with Crippen LogP contribution in [0, 0.1) is 53.3 Å². The monoisotopic (exact) mass is 352 g/mol. The standard InChI is InChI=1S/C25H52/c1-12-18(8)20(10)21(11)23(14-3)25(16-5)24(15-4)22(13-2)19(9)17(6)7/h17-25H,12-16H2,1-11H3. The maximum Gasteiger partial charge on any atom is -0.0355 e. The summed E-state index contributed by atoms with van der Waals surface area (Å²) in [5.41, 5.74) is 0. The van der Waals surface area contributed by atoms with Gasteiger partial charge in [-0.3, -0.25) is 0 Å². The minimum atomic E-state index is 0.799. The second-order valence-corrected chi connectivity index (χ2v) is 9.50. The quantitative estimate of drug-likeness (QED) is 0.311. The lowest BCUT2D eigenvalue weighted by Crippen LogP contribution is -2.37. The zero-order chi connectivity index (χ0) is 19.7. The largest absolute Gasteiger partial charge is 0.0651 e. The molecule has 0 aliphatic heterocycles. The first-order valence-electron chi connectivity index (χ1n) is 11.7. The van der Waals surface area contributed by atoms with Crippen LogP contribution in [0.4, 0.5) is 0 Å². The van der Waals surface area contributed by atoms with Crippen LogP contribution in [0.25, 0.3) is 0 Å². The van der Waals surface area contributed by atoms with E-state index in [1.165, 1.54) is 32.1 Å². The predicted molar refractivity (Wildman–Crippen MR) is 117 cm³/mol. The molecule has 0 aliphatic rings. The molecule has 0 aromatic heterocycles. The van der Waals surface area contributed by atoms with Gasteiger partial charge in [0.05, 0.1) is 0 Å². The third-order valence-corrected chi connectivity index (χ3v) is 8.31. The lowest BCUT2D eigenvalue weighted by Gasteiger charge is -2.44. The number of hydrogen-bond acceptors (Lipinski definition) is 0. The molecule has 0 saturated carbocycles. The van der Waals surface area contributed by atoms with Crippen LogP contribution in [0.2, 0.25) is 0 Å². The van der Waals surface area contributed by atoms with Crippen molar-refractivity contribution in [2.24, 2.45) is 53.3 Å². The Morgan fingerprint density at radius 3 is 1.04 bits per heavy atom. The summed E-state index contributed by atoms with van der Waals surface area (Å²) >= 11 is 0. The number of hydrogen-bond donors (Lipinski definition) is 0. The van der Waals surface area contributed by atoms with E-state index in [4.69, 9.17) is 0 Å². The van der Waals surface area contributed by atoms with E-state index >= 15 is 0 Å². The van der Waals surface area contributed by atoms with Gasteiger partial charge in [0.15, 0.2) is 0 Å². The Morgan fingerprint density at radius 1 is 0.400 bits per heavy atom. The van der Waals surface area contributed by atoms with Crippen molar-refractivity contribution in [1.29, 1.82) is 0 Å². The van der Waals surface area contributed by atoms with Gasteiger partial charge in [-0.25, -0.2) is 0 Å². The molecule has 0 saturated heterocycles. The molecule has 0 nitrogen and oxygen atoms in total. The predicted octanol–water partition coefficient (Wildman–Crippen LogP) is 8.70. The summed E-state index contributed by atoms with van der Waals surface area (Å²) in [7, 11) is 0.